The van der Waals surface area contributed by atoms with E-state index in [0.717, 1.165) is 11.3 Å². The number of para-hydroxylation sites is 1. The van der Waals surface area contributed by atoms with Gasteiger partial charge in [-0.2, -0.15) is 0 Å². The smallest absolute Gasteiger partial charge is 0.243 e. The van der Waals surface area contributed by atoms with Gasteiger partial charge in [0.2, 0.25) is 5.91 Å². The molecule has 0 atom stereocenters. The van der Waals surface area contributed by atoms with Gasteiger partial charge in [0.15, 0.2) is 0 Å². The van der Waals surface area contributed by atoms with Crippen LogP contribution in [0.4, 0.5) is 15.8 Å². The highest BCUT2D eigenvalue weighted by Gasteiger charge is 2.18. The third-order valence-electron chi connectivity index (χ3n) is 3.31. The third-order valence-corrected chi connectivity index (χ3v) is 3.31. The van der Waals surface area contributed by atoms with E-state index < -0.39 is 0 Å². The van der Waals surface area contributed by atoms with Crippen LogP contribution in [0, 0.1) is 5.82 Å². The fourth-order valence-electron chi connectivity index (χ4n) is 2.19. The summed E-state index contributed by atoms with van der Waals surface area (Å²) >= 11 is 0. The maximum atomic E-state index is 12.8. The average molecular weight is 300 g/mol. The minimum Gasteiger partial charge on any atom is -0.376 e. The lowest BCUT2D eigenvalue weighted by molar-refractivity contribution is -0.114. The highest BCUT2D eigenvalue weighted by atomic mass is 19.1. The Kier molecular flexibility index (Phi) is 4.81. The van der Waals surface area contributed by atoms with Crippen molar-refractivity contribution in [3.05, 3.63) is 59.9 Å². The molecule has 2 aromatic rings. The van der Waals surface area contributed by atoms with Crippen LogP contribution >= 0.6 is 0 Å². The van der Waals surface area contributed by atoms with Crippen LogP contribution < -0.4 is 10.6 Å². The fourth-order valence-corrected chi connectivity index (χ4v) is 2.19. The molecule has 3 nitrogen and oxygen atoms in total. The van der Waals surface area contributed by atoms with E-state index in [1.807, 2.05) is 24.3 Å². The van der Waals surface area contributed by atoms with Gasteiger partial charge in [-0.15, -0.1) is 0 Å². The topological polar surface area (TPSA) is 41.1 Å². The molecule has 0 aromatic heterocycles. The number of carbonyl (C=O) groups is 1. The van der Waals surface area contributed by atoms with Gasteiger partial charge in [-0.25, -0.2) is 4.39 Å². The van der Waals surface area contributed by atoms with Crippen LogP contribution in [0.25, 0.3) is 0 Å². The Hall–Kier alpha value is -2.36. The van der Waals surface area contributed by atoms with Gasteiger partial charge < -0.3 is 10.6 Å². The monoisotopic (exact) mass is 300 g/mol. The van der Waals surface area contributed by atoms with Crippen molar-refractivity contribution in [2.24, 2.45) is 0 Å². The molecule has 0 aliphatic carbocycles. The summed E-state index contributed by atoms with van der Waals surface area (Å²) < 4.78 is 12.8. The lowest BCUT2D eigenvalue weighted by atomic mass is 9.86. The molecule has 0 radical (unpaired) electrons. The molecule has 0 unspecified atom stereocenters. The van der Waals surface area contributed by atoms with Gasteiger partial charge in [-0.3, -0.25) is 4.79 Å². The number of hydrogen-bond acceptors (Lipinski definition) is 2. The van der Waals surface area contributed by atoms with E-state index in [0.29, 0.717) is 5.69 Å². The van der Waals surface area contributed by atoms with Crippen LogP contribution in [-0.4, -0.2) is 12.5 Å². The van der Waals surface area contributed by atoms with Crippen LogP contribution in [-0.2, 0) is 10.2 Å². The first-order chi connectivity index (χ1) is 10.4. The van der Waals surface area contributed by atoms with E-state index >= 15 is 0 Å². The Morgan fingerprint density at radius 3 is 2.32 bits per heavy atom. The third kappa shape index (κ3) is 4.32. The van der Waals surface area contributed by atoms with Crippen LogP contribution in [0.3, 0.4) is 0 Å². The van der Waals surface area contributed by atoms with Crippen molar-refractivity contribution in [2.75, 3.05) is 17.2 Å². The molecule has 0 spiro atoms. The minimum absolute atomic E-state index is 0.0474. The maximum Gasteiger partial charge on any atom is 0.243 e. The van der Waals surface area contributed by atoms with Gasteiger partial charge >= 0.3 is 0 Å². The molecule has 2 N–H and O–H groups in total. The maximum absolute atomic E-state index is 12.8. The summed E-state index contributed by atoms with van der Waals surface area (Å²) in [6.07, 6.45) is 0. The Morgan fingerprint density at radius 2 is 1.68 bits per heavy atom. The van der Waals surface area contributed by atoms with Crippen molar-refractivity contribution < 1.29 is 9.18 Å². The summed E-state index contributed by atoms with van der Waals surface area (Å²) in [6.45, 7) is 6.45. The highest BCUT2D eigenvalue weighted by Crippen LogP contribution is 2.29. The van der Waals surface area contributed by atoms with E-state index in [1.165, 1.54) is 12.1 Å². The number of rotatable bonds is 4. The first kappa shape index (κ1) is 16.0. The first-order valence-electron chi connectivity index (χ1n) is 7.25. The number of carbonyl (C=O) groups excluding carboxylic acids is 1. The Morgan fingerprint density at radius 1 is 1.05 bits per heavy atom. The Labute approximate surface area is 130 Å². The summed E-state index contributed by atoms with van der Waals surface area (Å²) in [5.74, 6) is -0.435. The second-order valence-electron chi connectivity index (χ2n) is 6.20. The summed E-state index contributed by atoms with van der Waals surface area (Å²) in [4.78, 5) is 12.1. The quantitative estimate of drug-likeness (QED) is 0.889. The molecular formula is C18H21FN2O. The molecule has 2 rings (SSSR count). The largest absolute Gasteiger partial charge is 0.376 e. The first-order valence-corrected chi connectivity index (χ1v) is 7.25. The van der Waals surface area contributed by atoms with E-state index in [2.05, 4.69) is 31.4 Å². The molecule has 0 saturated heterocycles. The summed E-state index contributed by atoms with van der Waals surface area (Å²) in [5, 5.41) is 5.89. The molecule has 0 saturated carbocycles. The van der Waals surface area contributed by atoms with Gasteiger partial charge in [0.05, 0.1) is 6.54 Å². The minimum atomic E-state index is -0.297. The zero-order valence-corrected chi connectivity index (χ0v) is 13.1. The fraction of sp³-hybridized carbons (Fsp3) is 0.278. The van der Waals surface area contributed by atoms with Crippen LogP contribution in [0.15, 0.2) is 48.5 Å². The van der Waals surface area contributed by atoms with Crippen molar-refractivity contribution in [1.29, 1.82) is 0 Å². The summed E-state index contributed by atoms with van der Waals surface area (Å²) in [5.41, 5.74) is 2.57. The average Bonchev–Trinajstić information content (AvgIpc) is 2.46. The molecule has 1 amide bonds. The molecule has 0 aliphatic heterocycles. The van der Waals surface area contributed by atoms with Crippen molar-refractivity contribution in [3.8, 4) is 0 Å². The summed E-state index contributed by atoms with van der Waals surface area (Å²) in [6, 6.07) is 13.7. The van der Waals surface area contributed by atoms with E-state index in [1.54, 1.807) is 12.1 Å². The van der Waals surface area contributed by atoms with Crippen LogP contribution in [0.1, 0.15) is 26.3 Å². The van der Waals surface area contributed by atoms with Gasteiger partial charge in [0.25, 0.3) is 0 Å². The van der Waals surface area contributed by atoms with E-state index in [9.17, 15) is 9.18 Å². The molecule has 0 heterocycles. The zero-order chi connectivity index (χ0) is 16.2. The number of anilines is 2. The molecule has 22 heavy (non-hydrogen) atoms. The van der Waals surface area contributed by atoms with Gasteiger partial charge in [0, 0.05) is 11.4 Å². The lowest BCUT2D eigenvalue weighted by Gasteiger charge is -2.23. The van der Waals surface area contributed by atoms with E-state index in [-0.39, 0.29) is 23.7 Å². The van der Waals surface area contributed by atoms with Crippen molar-refractivity contribution in [1.82, 2.24) is 0 Å². The number of halogens is 1. The van der Waals surface area contributed by atoms with Gasteiger partial charge in [-0.1, -0.05) is 39.0 Å². The molecule has 4 heteroatoms. The number of benzene rings is 2. The van der Waals surface area contributed by atoms with E-state index in [4.69, 9.17) is 0 Å². The van der Waals surface area contributed by atoms with Gasteiger partial charge in [0.1, 0.15) is 5.82 Å². The standard InChI is InChI=1S/C18H21FN2O/c1-18(2,3)15-6-4-5-7-16(15)21-17(22)12-20-14-10-8-13(19)9-11-14/h4-11,20H,12H2,1-3H3,(H,21,22). The number of hydrogen-bond donors (Lipinski definition) is 2. The molecule has 0 aliphatic rings. The second-order valence-corrected chi connectivity index (χ2v) is 6.20. The molecule has 0 bridgehead atoms. The molecule has 2 aromatic carbocycles. The van der Waals surface area contributed by atoms with Crippen molar-refractivity contribution >= 4 is 17.3 Å². The van der Waals surface area contributed by atoms with Gasteiger partial charge in [-0.05, 0) is 41.3 Å². The Bertz CT molecular complexity index is 645. The lowest BCUT2D eigenvalue weighted by Crippen LogP contribution is -2.24. The number of amides is 1. The molecular weight excluding hydrogens is 279 g/mol. The molecule has 116 valence electrons. The zero-order valence-electron chi connectivity index (χ0n) is 13.1. The van der Waals surface area contributed by atoms with Crippen LogP contribution in [0.2, 0.25) is 0 Å². The molecule has 0 fully saturated rings. The second kappa shape index (κ2) is 6.60. The Balaban J connectivity index is 1.99. The number of nitrogens with one attached hydrogen (secondary N) is 2. The highest BCUT2D eigenvalue weighted by molar-refractivity contribution is 5.94. The predicted octanol–water partition coefficient (Wildman–Crippen LogP) is 4.17. The normalized spacial score (nSPS) is 11.1. The van der Waals surface area contributed by atoms with Crippen molar-refractivity contribution in [3.63, 3.8) is 0 Å². The van der Waals surface area contributed by atoms with Crippen LogP contribution in [0.5, 0.6) is 0 Å². The predicted molar refractivity (Wildman–Crippen MR) is 88.7 cm³/mol. The summed E-state index contributed by atoms with van der Waals surface area (Å²) in [7, 11) is 0. The van der Waals surface area contributed by atoms with Crippen molar-refractivity contribution in [2.45, 2.75) is 26.2 Å². The SMILES string of the molecule is CC(C)(C)c1ccccc1NC(=O)CNc1ccc(F)cc1.